The van der Waals surface area contributed by atoms with E-state index in [9.17, 15) is 12.8 Å². The van der Waals surface area contributed by atoms with E-state index >= 15 is 0 Å². The molecule has 1 atom stereocenters. The molecule has 4 rings (SSSR count). The molecule has 1 N–H and O–H groups in total. The fourth-order valence-electron chi connectivity index (χ4n) is 3.22. The highest BCUT2D eigenvalue weighted by Crippen LogP contribution is 2.33. The van der Waals surface area contributed by atoms with Crippen LogP contribution in [0.15, 0.2) is 6.33 Å². The molecule has 3 heterocycles. The van der Waals surface area contributed by atoms with E-state index in [0.29, 0.717) is 36.5 Å². The summed E-state index contributed by atoms with van der Waals surface area (Å²) in [7, 11) is -3.18. The Labute approximate surface area is 145 Å². The van der Waals surface area contributed by atoms with Gasteiger partial charge < -0.3 is 9.88 Å². The number of hydrogen-bond acceptors (Lipinski definition) is 6. The number of hydrogen-bond donors (Lipinski definition) is 1. The van der Waals surface area contributed by atoms with Crippen LogP contribution in [0.1, 0.15) is 39.2 Å². The van der Waals surface area contributed by atoms with E-state index < -0.39 is 16.1 Å². The molecule has 0 amide bonds. The average Bonchev–Trinajstić information content (AvgIpc) is 3.15. The monoisotopic (exact) mass is 368 g/mol. The minimum atomic E-state index is -3.18. The molecule has 1 saturated carbocycles. The third-order valence-electron chi connectivity index (χ3n) is 4.75. The second-order valence-corrected chi connectivity index (χ2v) is 9.20. The number of anilines is 1. The Morgan fingerprint density at radius 1 is 1.28 bits per heavy atom. The van der Waals surface area contributed by atoms with Crippen molar-refractivity contribution in [2.24, 2.45) is 0 Å². The van der Waals surface area contributed by atoms with Gasteiger partial charge in [0.15, 0.2) is 17.0 Å². The lowest BCUT2D eigenvalue weighted by Gasteiger charge is -2.17. The Balaban J connectivity index is 1.57. The van der Waals surface area contributed by atoms with E-state index in [2.05, 4.69) is 20.3 Å². The molecule has 10 heteroatoms. The molecular weight excluding hydrogens is 347 g/mol. The van der Waals surface area contributed by atoms with Crippen LogP contribution in [0.5, 0.6) is 0 Å². The molecule has 0 radical (unpaired) electrons. The summed E-state index contributed by atoms with van der Waals surface area (Å²) in [4.78, 5) is 12.0. The second kappa shape index (κ2) is 5.87. The van der Waals surface area contributed by atoms with E-state index in [-0.39, 0.29) is 17.3 Å². The Morgan fingerprint density at radius 3 is 2.72 bits per heavy atom. The average molecular weight is 368 g/mol. The first-order valence-corrected chi connectivity index (χ1v) is 10.0. The summed E-state index contributed by atoms with van der Waals surface area (Å²) < 4.78 is 41.8. The maximum atomic E-state index is 13.9. The quantitative estimate of drug-likeness (QED) is 0.805. The molecule has 0 bridgehead atoms. The molecule has 2 aliphatic rings. The van der Waals surface area contributed by atoms with Crippen molar-refractivity contribution >= 4 is 27.0 Å². The van der Waals surface area contributed by atoms with E-state index in [4.69, 9.17) is 0 Å². The molecule has 136 valence electrons. The van der Waals surface area contributed by atoms with Gasteiger partial charge in [0.2, 0.25) is 10.0 Å². The van der Waals surface area contributed by atoms with E-state index in [1.807, 2.05) is 13.8 Å². The number of halogens is 1. The Hall–Kier alpha value is -1.81. The number of nitrogens with one attached hydrogen (secondary N) is 1. The zero-order valence-corrected chi connectivity index (χ0v) is 15.0. The highest BCUT2D eigenvalue weighted by atomic mass is 32.2. The molecule has 2 aromatic heterocycles. The van der Waals surface area contributed by atoms with Crippen LogP contribution in [-0.4, -0.2) is 56.6 Å². The summed E-state index contributed by atoms with van der Waals surface area (Å²) in [6.45, 7) is 4.78. The standard InChI is InChI=1S/C15H21FN6O2S/c1-9(2)22-8-17-12-13(19-15(16)20-14(12)22)18-10-5-6-21(7-10)25(23,24)11-3-4-11/h8-11H,3-7H2,1-2H3,(H,18,19,20)/t10-/m0/s1. The normalized spacial score (nSPS) is 22.2. The zero-order valence-electron chi connectivity index (χ0n) is 14.2. The lowest BCUT2D eigenvalue weighted by atomic mass is 10.2. The number of sulfonamides is 1. The smallest absolute Gasteiger partial charge is 0.312 e. The third kappa shape index (κ3) is 2.97. The maximum absolute atomic E-state index is 13.9. The lowest BCUT2D eigenvalue weighted by Crippen LogP contribution is -2.34. The fraction of sp³-hybridized carbons (Fsp3) is 0.667. The van der Waals surface area contributed by atoms with Crippen molar-refractivity contribution in [3.8, 4) is 0 Å². The van der Waals surface area contributed by atoms with Crippen molar-refractivity contribution < 1.29 is 12.8 Å². The predicted octanol–water partition coefficient (Wildman–Crippen LogP) is 1.52. The highest BCUT2D eigenvalue weighted by Gasteiger charge is 2.42. The predicted molar refractivity (Wildman–Crippen MR) is 91.2 cm³/mol. The lowest BCUT2D eigenvalue weighted by molar-refractivity contribution is 0.473. The molecule has 1 aliphatic heterocycles. The van der Waals surface area contributed by atoms with Gasteiger partial charge in [-0.2, -0.15) is 18.7 Å². The van der Waals surface area contributed by atoms with Crippen LogP contribution in [0.2, 0.25) is 0 Å². The summed E-state index contributed by atoms with van der Waals surface area (Å²) in [5, 5.41) is 2.95. The molecule has 0 aromatic carbocycles. The van der Waals surface area contributed by atoms with Crippen LogP contribution in [-0.2, 0) is 10.0 Å². The van der Waals surface area contributed by atoms with Crippen LogP contribution >= 0.6 is 0 Å². The van der Waals surface area contributed by atoms with Gasteiger partial charge in [0.25, 0.3) is 0 Å². The van der Waals surface area contributed by atoms with Gasteiger partial charge in [-0.25, -0.2) is 13.4 Å². The Bertz CT molecular complexity index is 908. The minimum Gasteiger partial charge on any atom is -0.364 e. The van der Waals surface area contributed by atoms with Gasteiger partial charge in [-0.05, 0) is 33.1 Å². The van der Waals surface area contributed by atoms with Crippen molar-refractivity contribution in [3.05, 3.63) is 12.4 Å². The van der Waals surface area contributed by atoms with Crippen LogP contribution in [0, 0.1) is 6.08 Å². The van der Waals surface area contributed by atoms with E-state index in [1.54, 1.807) is 10.9 Å². The molecular formula is C15H21FN6O2S. The Morgan fingerprint density at radius 2 is 2.04 bits per heavy atom. The second-order valence-electron chi connectivity index (χ2n) is 6.99. The van der Waals surface area contributed by atoms with Gasteiger partial charge >= 0.3 is 6.08 Å². The largest absolute Gasteiger partial charge is 0.364 e. The zero-order chi connectivity index (χ0) is 17.8. The van der Waals surface area contributed by atoms with Crippen LogP contribution in [0.25, 0.3) is 11.2 Å². The Kier molecular flexibility index (Phi) is 3.91. The summed E-state index contributed by atoms with van der Waals surface area (Å²) >= 11 is 0. The molecule has 1 aliphatic carbocycles. The molecule has 2 aromatic rings. The minimum absolute atomic E-state index is 0.0952. The molecule has 25 heavy (non-hydrogen) atoms. The summed E-state index contributed by atoms with van der Waals surface area (Å²) in [6.07, 6.45) is 2.96. The van der Waals surface area contributed by atoms with Gasteiger partial charge in [-0.1, -0.05) is 0 Å². The molecule has 2 fully saturated rings. The highest BCUT2D eigenvalue weighted by molar-refractivity contribution is 7.90. The van der Waals surface area contributed by atoms with Gasteiger partial charge in [-0.15, -0.1) is 0 Å². The van der Waals surface area contributed by atoms with Gasteiger partial charge in [0.05, 0.1) is 11.6 Å². The van der Waals surface area contributed by atoms with Gasteiger partial charge in [-0.3, -0.25) is 0 Å². The maximum Gasteiger partial charge on any atom is 0.312 e. The summed E-state index contributed by atoms with van der Waals surface area (Å²) in [5.74, 6) is 0.317. The number of imidazole rings is 1. The van der Waals surface area contributed by atoms with E-state index in [1.165, 1.54) is 4.31 Å². The van der Waals surface area contributed by atoms with Gasteiger partial charge in [0.1, 0.15) is 0 Å². The van der Waals surface area contributed by atoms with Crippen molar-refractivity contribution in [3.63, 3.8) is 0 Å². The first-order chi connectivity index (χ1) is 11.9. The number of nitrogens with zero attached hydrogens (tertiary/aromatic N) is 5. The van der Waals surface area contributed by atoms with Crippen LogP contribution in [0.3, 0.4) is 0 Å². The first kappa shape index (κ1) is 16.6. The van der Waals surface area contributed by atoms with Crippen LogP contribution < -0.4 is 5.32 Å². The molecule has 1 saturated heterocycles. The molecule has 8 nitrogen and oxygen atoms in total. The number of aromatic nitrogens is 4. The number of rotatable bonds is 5. The summed E-state index contributed by atoms with van der Waals surface area (Å²) in [5.41, 5.74) is 0.934. The third-order valence-corrected chi connectivity index (χ3v) is 7.11. The topological polar surface area (TPSA) is 93.0 Å². The van der Waals surface area contributed by atoms with Crippen molar-refractivity contribution in [2.45, 2.75) is 50.4 Å². The van der Waals surface area contributed by atoms with Crippen molar-refractivity contribution in [1.29, 1.82) is 0 Å². The molecule has 0 unspecified atom stereocenters. The first-order valence-electron chi connectivity index (χ1n) is 8.52. The fourth-order valence-corrected chi connectivity index (χ4v) is 5.12. The summed E-state index contributed by atoms with van der Waals surface area (Å²) in [6, 6.07) is -0.0203. The van der Waals surface area contributed by atoms with Crippen molar-refractivity contribution in [1.82, 2.24) is 23.8 Å². The SMILES string of the molecule is CC(C)n1cnc2c(N[C@H]3CCN(S(=O)(=O)C4CC4)C3)nc(F)nc21. The van der Waals surface area contributed by atoms with Crippen LogP contribution in [0.4, 0.5) is 10.2 Å². The van der Waals surface area contributed by atoms with E-state index in [0.717, 1.165) is 12.8 Å². The van der Waals surface area contributed by atoms with Crippen molar-refractivity contribution in [2.75, 3.05) is 18.4 Å². The van der Waals surface area contributed by atoms with Gasteiger partial charge in [0, 0.05) is 25.2 Å². The molecule has 0 spiro atoms. The number of fused-ring (bicyclic) bond motifs is 1.